The van der Waals surface area contributed by atoms with Crippen LogP contribution in [0.2, 0.25) is 0 Å². The average molecular weight is 465 g/mol. The second kappa shape index (κ2) is 9.82. The molecule has 34 heavy (non-hydrogen) atoms. The highest BCUT2D eigenvalue weighted by Gasteiger charge is 2.20. The Hall–Kier alpha value is -3.43. The lowest BCUT2D eigenvalue weighted by Gasteiger charge is -2.32. The molecule has 0 aliphatic carbocycles. The van der Waals surface area contributed by atoms with Crippen molar-refractivity contribution in [3.63, 3.8) is 0 Å². The smallest absolute Gasteiger partial charge is 0.270 e. The lowest BCUT2D eigenvalue weighted by molar-refractivity contribution is -0.384. The summed E-state index contributed by atoms with van der Waals surface area (Å²) in [5, 5.41) is 15.4. The minimum atomic E-state index is -0.416. The fraction of sp³-hybridized carbons (Fsp3) is 0.400. The van der Waals surface area contributed by atoms with Crippen LogP contribution in [0.1, 0.15) is 18.4 Å². The lowest BCUT2D eigenvalue weighted by Crippen LogP contribution is -2.43. The van der Waals surface area contributed by atoms with Crippen LogP contribution in [0.5, 0.6) is 11.5 Å². The van der Waals surface area contributed by atoms with Crippen molar-refractivity contribution in [2.75, 3.05) is 32.8 Å². The summed E-state index contributed by atoms with van der Waals surface area (Å²) in [6.45, 7) is 5.23. The van der Waals surface area contributed by atoms with Gasteiger partial charge in [0.05, 0.1) is 10.4 Å². The minimum Gasteiger partial charge on any atom is -0.486 e. The Morgan fingerprint density at radius 1 is 0.971 bits per heavy atom. The van der Waals surface area contributed by atoms with Crippen molar-refractivity contribution >= 4 is 16.6 Å². The summed E-state index contributed by atoms with van der Waals surface area (Å²) in [6, 6.07) is 14.3. The van der Waals surface area contributed by atoms with Crippen molar-refractivity contribution in [1.29, 1.82) is 0 Å². The summed E-state index contributed by atoms with van der Waals surface area (Å²) in [6.07, 6.45) is 2.09. The van der Waals surface area contributed by atoms with Gasteiger partial charge in [-0.1, -0.05) is 6.07 Å². The van der Waals surface area contributed by atoms with Crippen molar-refractivity contribution in [2.45, 2.75) is 32.0 Å². The van der Waals surface area contributed by atoms with Gasteiger partial charge >= 0.3 is 0 Å². The second-order valence-corrected chi connectivity index (χ2v) is 8.80. The molecule has 0 amide bonds. The Labute approximate surface area is 197 Å². The number of nitro groups is 1. The third kappa shape index (κ3) is 4.90. The molecule has 2 aromatic carbocycles. The number of pyridine rings is 1. The number of likely N-dealkylation sites (tertiary alicyclic amines) is 1. The zero-order chi connectivity index (χ0) is 23.5. The molecule has 9 nitrogen and oxygen atoms in total. The highest BCUT2D eigenvalue weighted by molar-refractivity contribution is 5.81. The van der Waals surface area contributed by atoms with E-state index in [-0.39, 0.29) is 11.2 Å². The van der Waals surface area contributed by atoms with E-state index in [0.717, 1.165) is 56.0 Å². The van der Waals surface area contributed by atoms with Crippen LogP contribution in [-0.4, -0.2) is 53.3 Å². The van der Waals surface area contributed by atoms with Crippen LogP contribution in [0.3, 0.4) is 0 Å². The number of aromatic nitrogens is 1. The van der Waals surface area contributed by atoms with Crippen molar-refractivity contribution in [3.8, 4) is 11.5 Å². The Bertz CT molecular complexity index is 1250. The van der Waals surface area contributed by atoms with Crippen LogP contribution in [0, 0.1) is 10.1 Å². The first-order valence-electron chi connectivity index (χ1n) is 11.7. The van der Waals surface area contributed by atoms with Gasteiger partial charge in [0.1, 0.15) is 13.2 Å². The van der Waals surface area contributed by atoms with Crippen molar-refractivity contribution in [1.82, 2.24) is 14.8 Å². The molecule has 1 aromatic heterocycles. The van der Waals surface area contributed by atoms with E-state index in [9.17, 15) is 14.9 Å². The number of nitrogens with zero attached hydrogens (tertiary/aromatic N) is 3. The Morgan fingerprint density at radius 2 is 1.76 bits per heavy atom. The van der Waals surface area contributed by atoms with E-state index in [1.54, 1.807) is 16.7 Å². The number of benzene rings is 2. The Balaban J connectivity index is 1.13. The van der Waals surface area contributed by atoms with Crippen LogP contribution < -0.4 is 20.3 Å². The molecule has 3 heterocycles. The number of nitro benzene ring substituents is 1. The largest absolute Gasteiger partial charge is 0.486 e. The molecule has 3 aromatic rings. The molecule has 0 atom stereocenters. The van der Waals surface area contributed by atoms with Gasteiger partial charge in [-0.05, 0) is 55.8 Å². The van der Waals surface area contributed by atoms with E-state index in [4.69, 9.17) is 9.47 Å². The van der Waals surface area contributed by atoms with Gasteiger partial charge in [0.25, 0.3) is 11.2 Å². The molecule has 178 valence electrons. The van der Waals surface area contributed by atoms with Crippen molar-refractivity contribution < 1.29 is 14.4 Å². The number of ether oxygens (including phenoxy) is 2. The van der Waals surface area contributed by atoms with Crippen LogP contribution >= 0.6 is 0 Å². The minimum absolute atomic E-state index is 0.0310. The van der Waals surface area contributed by atoms with Gasteiger partial charge in [0, 0.05) is 49.3 Å². The molecular weight excluding hydrogens is 436 g/mol. The van der Waals surface area contributed by atoms with Gasteiger partial charge in [0.15, 0.2) is 11.5 Å². The summed E-state index contributed by atoms with van der Waals surface area (Å²) in [5.41, 5.74) is 1.86. The monoisotopic (exact) mass is 464 g/mol. The third-order valence-electron chi connectivity index (χ3n) is 6.61. The van der Waals surface area contributed by atoms with Crippen LogP contribution in [-0.2, 0) is 13.1 Å². The van der Waals surface area contributed by atoms with E-state index < -0.39 is 4.92 Å². The number of hydrogen-bond donors (Lipinski definition) is 1. The van der Waals surface area contributed by atoms with E-state index in [1.165, 1.54) is 23.8 Å². The predicted octanol–water partition coefficient (Wildman–Crippen LogP) is 2.94. The van der Waals surface area contributed by atoms with Crippen LogP contribution in [0.25, 0.3) is 10.9 Å². The highest BCUT2D eigenvalue weighted by atomic mass is 16.6. The molecule has 1 fully saturated rings. The second-order valence-electron chi connectivity index (χ2n) is 8.80. The maximum Gasteiger partial charge on any atom is 0.270 e. The molecule has 0 unspecified atom stereocenters. The molecule has 1 saturated heterocycles. The van der Waals surface area contributed by atoms with Crippen molar-refractivity contribution in [3.05, 3.63) is 74.6 Å². The van der Waals surface area contributed by atoms with E-state index >= 15 is 0 Å². The fourth-order valence-corrected chi connectivity index (χ4v) is 4.70. The average Bonchev–Trinajstić information content (AvgIpc) is 2.87. The molecule has 0 radical (unpaired) electrons. The quantitative estimate of drug-likeness (QED) is 0.424. The van der Waals surface area contributed by atoms with Gasteiger partial charge in [-0.15, -0.1) is 0 Å². The van der Waals surface area contributed by atoms with Gasteiger partial charge in [0.2, 0.25) is 0 Å². The topological polar surface area (TPSA) is 98.9 Å². The maximum atomic E-state index is 12.5. The zero-order valence-electron chi connectivity index (χ0n) is 18.9. The molecule has 1 N–H and O–H groups in total. The summed E-state index contributed by atoms with van der Waals surface area (Å²) in [7, 11) is 0. The maximum absolute atomic E-state index is 12.5. The van der Waals surface area contributed by atoms with E-state index in [2.05, 4.69) is 16.3 Å². The highest BCUT2D eigenvalue weighted by Crippen LogP contribution is 2.30. The molecular formula is C25H28N4O5. The van der Waals surface area contributed by atoms with E-state index in [1.807, 2.05) is 12.1 Å². The first-order chi connectivity index (χ1) is 16.6. The first-order valence-corrected chi connectivity index (χ1v) is 11.7. The lowest BCUT2D eigenvalue weighted by atomic mass is 10.0. The fourth-order valence-electron chi connectivity index (χ4n) is 4.70. The third-order valence-corrected chi connectivity index (χ3v) is 6.61. The Morgan fingerprint density at radius 3 is 2.56 bits per heavy atom. The molecule has 0 spiro atoms. The number of nitrogens with one attached hydrogen (secondary N) is 1. The van der Waals surface area contributed by atoms with Gasteiger partial charge in [-0.3, -0.25) is 14.9 Å². The van der Waals surface area contributed by atoms with Crippen LogP contribution in [0.15, 0.2) is 53.3 Å². The van der Waals surface area contributed by atoms with Crippen LogP contribution in [0.4, 0.5) is 5.69 Å². The first kappa shape index (κ1) is 22.4. The molecule has 0 saturated carbocycles. The molecule has 0 bridgehead atoms. The predicted molar refractivity (Wildman–Crippen MR) is 129 cm³/mol. The van der Waals surface area contributed by atoms with E-state index in [0.29, 0.717) is 31.2 Å². The molecule has 5 rings (SSSR count). The number of non-ortho nitro benzene ring substituents is 1. The number of rotatable bonds is 7. The summed E-state index contributed by atoms with van der Waals surface area (Å²) in [5.74, 6) is 1.63. The summed E-state index contributed by atoms with van der Waals surface area (Å²) >= 11 is 0. The number of piperidine rings is 1. The van der Waals surface area contributed by atoms with Gasteiger partial charge in [-0.2, -0.15) is 0 Å². The van der Waals surface area contributed by atoms with Crippen molar-refractivity contribution in [2.24, 2.45) is 0 Å². The SMILES string of the molecule is O=c1ccc2cc([N+](=O)[O-])ccc2n1CCN1CCC(NCc2ccc3c(c2)OCCO3)CC1. The number of hydrogen-bond acceptors (Lipinski definition) is 7. The molecule has 9 heteroatoms. The molecule has 2 aliphatic heterocycles. The molecule has 2 aliphatic rings. The number of fused-ring (bicyclic) bond motifs is 2. The van der Waals surface area contributed by atoms with Gasteiger partial charge < -0.3 is 24.3 Å². The summed E-state index contributed by atoms with van der Waals surface area (Å²) in [4.78, 5) is 25.5. The Kier molecular flexibility index (Phi) is 6.46. The summed E-state index contributed by atoms with van der Waals surface area (Å²) < 4.78 is 13.0. The standard InChI is InChI=1S/C25H28N4O5/c30-25-6-2-19-16-21(29(31)32)3-4-22(19)28(25)12-11-27-9-7-20(8-10-27)26-17-18-1-5-23-24(15-18)34-14-13-33-23/h1-6,15-16,20,26H,7-14,17H2. The van der Waals surface area contributed by atoms with Gasteiger partial charge in [-0.25, -0.2) is 0 Å². The zero-order valence-corrected chi connectivity index (χ0v) is 18.9. The normalized spacial score (nSPS) is 16.6.